The zero-order valence-corrected chi connectivity index (χ0v) is 22.3. The number of fused-ring (bicyclic) bond motifs is 1. The molecule has 1 N–H and O–H groups in total. The van der Waals surface area contributed by atoms with Crippen LogP contribution < -0.4 is 4.90 Å². The van der Waals surface area contributed by atoms with Crippen molar-refractivity contribution in [1.29, 1.82) is 5.26 Å². The van der Waals surface area contributed by atoms with E-state index in [9.17, 15) is 14.4 Å². The fourth-order valence-corrected chi connectivity index (χ4v) is 6.26. The summed E-state index contributed by atoms with van der Waals surface area (Å²) in [5, 5.41) is 23.5. The van der Waals surface area contributed by atoms with Crippen LogP contribution >= 0.6 is 11.6 Å². The maximum absolute atomic E-state index is 14.7. The summed E-state index contributed by atoms with van der Waals surface area (Å²) in [7, 11) is 0. The summed E-state index contributed by atoms with van der Waals surface area (Å²) in [5.74, 6) is -0.134. The summed E-state index contributed by atoms with van der Waals surface area (Å²) in [4.78, 5) is 25.2. The Morgan fingerprint density at radius 1 is 1.34 bits per heavy atom. The van der Waals surface area contributed by atoms with Crippen LogP contribution in [0.3, 0.4) is 0 Å². The van der Waals surface area contributed by atoms with Gasteiger partial charge >= 0.3 is 5.97 Å². The first-order chi connectivity index (χ1) is 18.3. The van der Waals surface area contributed by atoms with E-state index in [0.29, 0.717) is 52.0 Å². The van der Waals surface area contributed by atoms with E-state index in [0.717, 1.165) is 38.9 Å². The number of nitrogens with zero attached hydrogens (tertiary/aromatic N) is 7. The van der Waals surface area contributed by atoms with Crippen LogP contribution in [0, 0.1) is 23.1 Å². The lowest BCUT2D eigenvalue weighted by Crippen LogP contribution is -2.52. The molecule has 200 valence electrons. The van der Waals surface area contributed by atoms with E-state index in [1.54, 1.807) is 29.9 Å². The molecule has 38 heavy (non-hydrogen) atoms. The Kier molecular flexibility index (Phi) is 7.50. The van der Waals surface area contributed by atoms with Crippen LogP contribution in [0.1, 0.15) is 63.3 Å². The number of aliphatic carboxylic acids is 1. The molecule has 4 heterocycles. The molecule has 11 heteroatoms. The molecule has 0 amide bonds. The van der Waals surface area contributed by atoms with E-state index < -0.39 is 17.8 Å². The molecule has 2 aromatic heterocycles. The van der Waals surface area contributed by atoms with Crippen LogP contribution in [-0.4, -0.2) is 67.4 Å². The van der Waals surface area contributed by atoms with E-state index in [2.05, 4.69) is 32.9 Å². The van der Waals surface area contributed by atoms with Crippen molar-refractivity contribution >= 4 is 34.6 Å². The van der Waals surface area contributed by atoms with Gasteiger partial charge in [0.2, 0.25) is 0 Å². The minimum absolute atomic E-state index is 0.147. The van der Waals surface area contributed by atoms with E-state index in [1.165, 1.54) is 6.07 Å². The van der Waals surface area contributed by atoms with E-state index in [4.69, 9.17) is 21.7 Å². The third-order valence-corrected chi connectivity index (χ3v) is 8.23. The Morgan fingerprint density at radius 3 is 2.87 bits per heavy atom. The summed E-state index contributed by atoms with van der Waals surface area (Å²) in [5.41, 5.74) is 1.37. The lowest BCUT2D eigenvalue weighted by Gasteiger charge is -2.43. The van der Waals surface area contributed by atoms with Crippen LogP contribution in [0.4, 0.5) is 10.2 Å². The van der Waals surface area contributed by atoms with Crippen molar-refractivity contribution in [2.45, 2.75) is 64.1 Å². The molecule has 0 saturated carbocycles. The molecule has 2 aliphatic rings. The Labute approximate surface area is 225 Å². The van der Waals surface area contributed by atoms with Crippen molar-refractivity contribution in [1.82, 2.24) is 24.6 Å². The number of rotatable bonds is 7. The van der Waals surface area contributed by atoms with Gasteiger partial charge in [-0.3, -0.25) is 9.69 Å². The van der Waals surface area contributed by atoms with Crippen LogP contribution in [0.2, 0.25) is 5.02 Å². The SMILES string of the molecule is C[C@@H]1CN(c2cnc3c(C#N)nn([C@H](C)c4ccc(Cl)cc4F)c3n2)CC[C@@H]1N1CCCC1CCC(=O)O. The van der Waals surface area contributed by atoms with E-state index in [-0.39, 0.29) is 12.1 Å². The van der Waals surface area contributed by atoms with Gasteiger partial charge in [-0.25, -0.2) is 19.0 Å². The Hall–Kier alpha value is -3.29. The van der Waals surface area contributed by atoms with Gasteiger partial charge in [0.25, 0.3) is 0 Å². The molecule has 0 bridgehead atoms. The highest BCUT2D eigenvalue weighted by atomic mass is 35.5. The van der Waals surface area contributed by atoms with Crippen molar-refractivity contribution in [3.63, 3.8) is 0 Å². The normalized spacial score (nSPS) is 23.0. The fourth-order valence-electron chi connectivity index (χ4n) is 6.10. The summed E-state index contributed by atoms with van der Waals surface area (Å²) in [6, 6.07) is 6.79. The Bertz CT molecular complexity index is 1390. The zero-order chi connectivity index (χ0) is 27.0. The number of nitriles is 1. The third kappa shape index (κ3) is 5.05. The Morgan fingerprint density at radius 2 is 2.16 bits per heavy atom. The first kappa shape index (κ1) is 26.3. The molecule has 0 spiro atoms. The average Bonchev–Trinajstić information content (AvgIpc) is 3.51. The number of aromatic nitrogens is 4. The predicted octanol–water partition coefficient (Wildman–Crippen LogP) is 4.64. The lowest BCUT2D eigenvalue weighted by molar-refractivity contribution is -0.137. The first-order valence-electron chi connectivity index (χ1n) is 13.1. The number of piperidine rings is 1. The van der Waals surface area contributed by atoms with E-state index >= 15 is 0 Å². The largest absolute Gasteiger partial charge is 0.481 e. The van der Waals surface area contributed by atoms with Crippen LogP contribution in [0.25, 0.3) is 11.2 Å². The molecule has 2 saturated heterocycles. The molecule has 0 aliphatic carbocycles. The monoisotopic (exact) mass is 539 g/mol. The van der Waals surface area contributed by atoms with Crippen LogP contribution in [0.15, 0.2) is 24.4 Å². The average molecular weight is 540 g/mol. The van der Waals surface area contributed by atoms with Crippen LogP contribution in [0.5, 0.6) is 0 Å². The maximum atomic E-state index is 14.7. The highest BCUT2D eigenvalue weighted by Crippen LogP contribution is 2.33. The number of hydrogen-bond acceptors (Lipinski definition) is 7. The second-order valence-electron chi connectivity index (χ2n) is 10.4. The topological polar surface area (TPSA) is 111 Å². The van der Waals surface area contributed by atoms with Gasteiger partial charge < -0.3 is 10.0 Å². The molecule has 4 atom stereocenters. The molecular formula is C27H31ClFN7O2. The molecule has 9 nitrogen and oxygen atoms in total. The number of likely N-dealkylation sites (tertiary alicyclic amines) is 1. The smallest absolute Gasteiger partial charge is 0.303 e. The fraction of sp³-hybridized carbons (Fsp3) is 0.519. The number of halogens is 2. The van der Waals surface area contributed by atoms with Crippen LogP contribution in [-0.2, 0) is 4.79 Å². The molecule has 0 radical (unpaired) electrons. The minimum atomic E-state index is -0.736. The lowest BCUT2D eigenvalue weighted by atomic mass is 9.91. The van der Waals surface area contributed by atoms with Gasteiger partial charge in [-0.1, -0.05) is 24.6 Å². The van der Waals surface area contributed by atoms with Crippen molar-refractivity contribution in [3.8, 4) is 6.07 Å². The predicted molar refractivity (Wildman–Crippen MR) is 142 cm³/mol. The molecular weight excluding hydrogens is 509 g/mol. The molecule has 2 fully saturated rings. The molecule has 1 unspecified atom stereocenters. The third-order valence-electron chi connectivity index (χ3n) is 8.00. The highest BCUT2D eigenvalue weighted by Gasteiger charge is 2.37. The zero-order valence-electron chi connectivity index (χ0n) is 21.5. The van der Waals surface area contributed by atoms with E-state index in [1.807, 2.05) is 0 Å². The highest BCUT2D eigenvalue weighted by molar-refractivity contribution is 6.30. The molecule has 5 rings (SSSR count). The summed E-state index contributed by atoms with van der Waals surface area (Å²) in [6.45, 7) is 6.63. The second kappa shape index (κ2) is 10.8. The minimum Gasteiger partial charge on any atom is -0.481 e. The standard InChI is InChI=1S/C27H31ClFN7O2/c1-16-15-34(11-9-23(16)35-10-3-4-19(35)6-8-25(37)38)24-14-31-26-22(13-30)33-36(27(26)32-24)17(2)20-7-5-18(28)12-21(20)29/h5,7,12,14,16-17,19,23H,3-4,6,8-11,15H2,1-2H3,(H,37,38)/t16-,17-,19?,23+/m1/s1. The number of benzene rings is 1. The van der Waals surface area contributed by atoms with Gasteiger partial charge in [-0.15, -0.1) is 0 Å². The van der Waals surface area contributed by atoms with Gasteiger partial charge in [-0.05, 0) is 57.2 Å². The quantitative estimate of drug-likeness (QED) is 0.462. The summed E-state index contributed by atoms with van der Waals surface area (Å²) >= 11 is 5.94. The molecule has 1 aromatic carbocycles. The van der Waals surface area contributed by atoms with Crippen molar-refractivity contribution in [2.75, 3.05) is 24.5 Å². The summed E-state index contributed by atoms with van der Waals surface area (Å²) < 4.78 is 16.3. The Balaban J connectivity index is 1.38. The van der Waals surface area contributed by atoms with Gasteiger partial charge in [0.1, 0.15) is 23.2 Å². The van der Waals surface area contributed by atoms with Gasteiger partial charge in [0.05, 0.1) is 12.2 Å². The maximum Gasteiger partial charge on any atom is 0.303 e. The summed E-state index contributed by atoms with van der Waals surface area (Å²) in [6.07, 6.45) is 5.69. The number of carboxylic acid groups (broad SMARTS) is 1. The van der Waals surface area contributed by atoms with Crippen molar-refractivity contribution in [2.24, 2.45) is 5.92 Å². The number of anilines is 1. The molecule has 3 aromatic rings. The van der Waals surface area contributed by atoms with Gasteiger partial charge in [0.15, 0.2) is 11.3 Å². The first-order valence-corrected chi connectivity index (χ1v) is 13.5. The number of carboxylic acids is 1. The molecule has 2 aliphatic heterocycles. The second-order valence-corrected chi connectivity index (χ2v) is 10.8. The van der Waals surface area contributed by atoms with Gasteiger partial charge in [0, 0.05) is 42.2 Å². The van der Waals surface area contributed by atoms with Crippen molar-refractivity contribution < 1.29 is 14.3 Å². The number of carbonyl (C=O) groups is 1. The van der Waals surface area contributed by atoms with Crippen molar-refractivity contribution in [3.05, 3.63) is 46.5 Å². The number of hydrogen-bond donors (Lipinski definition) is 1. The van der Waals surface area contributed by atoms with Gasteiger partial charge in [-0.2, -0.15) is 10.4 Å².